The maximum absolute atomic E-state index is 12.9. The van der Waals surface area contributed by atoms with Crippen molar-refractivity contribution in [1.29, 1.82) is 0 Å². The van der Waals surface area contributed by atoms with Gasteiger partial charge < -0.3 is 20.1 Å². The summed E-state index contributed by atoms with van der Waals surface area (Å²) in [5.41, 5.74) is 4.71. The third-order valence-corrected chi connectivity index (χ3v) is 7.36. The second-order valence-corrected chi connectivity index (χ2v) is 9.71. The lowest BCUT2D eigenvalue weighted by Gasteiger charge is -2.41. The molecule has 7 nitrogen and oxygen atoms in total. The van der Waals surface area contributed by atoms with Crippen molar-refractivity contribution in [2.75, 3.05) is 19.7 Å². The topological polar surface area (TPSA) is 95.9 Å². The van der Waals surface area contributed by atoms with Gasteiger partial charge in [-0.05, 0) is 47.4 Å². The first kappa shape index (κ1) is 23.1. The number of carbonyl (C=O) groups is 3. The minimum Gasteiger partial charge on any atom is -0.481 e. The third-order valence-electron chi connectivity index (χ3n) is 7.36. The van der Waals surface area contributed by atoms with Crippen LogP contribution in [0.2, 0.25) is 0 Å². The number of nitrogens with one attached hydrogen (secondary N) is 1. The van der Waals surface area contributed by atoms with Crippen molar-refractivity contribution in [3.63, 3.8) is 0 Å². The molecule has 182 valence electrons. The van der Waals surface area contributed by atoms with Crippen LogP contribution in [0.3, 0.4) is 0 Å². The second-order valence-electron chi connectivity index (χ2n) is 9.71. The van der Waals surface area contributed by atoms with E-state index in [0.29, 0.717) is 32.4 Å². The number of allylic oxidation sites excluding steroid dienone is 1. The lowest BCUT2D eigenvalue weighted by atomic mass is 9.87. The number of hydrogen-bond acceptors (Lipinski definition) is 4. The highest BCUT2D eigenvalue weighted by Crippen LogP contribution is 2.44. The molecule has 2 amide bonds. The Hall–Kier alpha value is -3.61. The Morgan fingerprint density at radius 2 is 1.66 bits per heavy atom. The maximum atomic E-state index is 12.9. The zero-order valence-electron chi connectivity index (χ0n) is 19.6. The molecule has 2 unspecified atom stereocenters. The molecule has 1 saturated heterocycles. The molecular weight excluding hydrogens is 444 g/mol. The number of rotatable bonds is 7. The van der Waals surface area contributed by atoms with Crippen LogP contribution in [-0.4, -0.2) is 53.7 Å². The van der Waals surface area contributed by atoms with E-state index in [-0.39, 0.29) is 42.7 Å². The molecule has 2 N–H and O–H groups in total. The van der Waals surface area contributed by atoms with Gasteiger partial charge >= 0.3 is 12.1 Å². The van der Waals surface area contributed by atoms with Crippen LogP contribution >= 0.6 is 0 Å². The highest BCUT2D eigenvalue weighted by molar-refractivity contribution is 5.81. The van der Waals surface area contributed by atoms with Crippen molar-refractivity contribution >= 4 is 18.0 Å². The zero-order chi connectivity index (χ0) is 24.4. The summed E-state index contributed by atoms with van der Waals surface area (Å²) in [4.78, 5) is 38.0. The van der Waals surface area contributed by atoms with Gasteiger partial charge in [0.05, 0.1) is 6.04 Å². The molecule has 0 aromatic heterocycles. The van der Waals surface area contributed by atoms with Crippen LogP contribution in [0.15, 0.2) is 60.7 Å². The Balaban J connectivity index is 1.12. The van der Waals surface area contributed by atoms with Gasteiger partial charge in [0.2, 0.25) is 5.91 Å². The number of alkyl carbamates (subject to hydrolysis) is 1. The molecule has 2 aromatic rings. The Bertz CT molecular complexity index is 1110. The Labute approximate surface area is 204 Å². The van der Waals surface area contributed by atoms with Crippen molar-refractivity contribution in [2.24, 2.45) is 11.8 Å². The number of likely N-dealkylation sites (tertiary alicyclic amines) is 1. The van der Waals surface area contributed by atoms with Crippen molar-refractivity contribution in [2.45, 2.75) is 37.6 Å². The molecule has 1 heterocycles. The van der Waals surface area contributed by atoms with E-state index in [4.69, 9.17) is 9.84 Å². The number of amides is 2. The highest BCUT2D eigenvalue weighted by Gasteiger charge is 2.36. The summed E-state index contributed by atoms with van der Waals surface area (Å²) in [7, 11) is 0. The number of ether oxygens (including phenoxy) is 1. The minimum atomic E-state index is -0.797. The molecular formula is C28H30N2O5. The number of aliphatic carboxylic acids is 1. The monoisotopic (exact) mass is 474 g/mol. The molecule has 0 bridgehead atoms. The highest BCUT2D eigenvalue weighted by atomic mass is 16.5. The summed E-state index contributed by atoms with van der Waals surface area (Å²) in [6.07, 6.45) is 5.33. The van der Waals surface area contributed by atoms with Crippen LogP contribution in [0.25, 0.3) is 11.1 Å². The normalized spacial score (nSPS) is 21.1. The predicted molar refractivity (Wildman–Crippen MR) is 131 cm³/mol. The van der Waals surface area contributed by atoms with Gasteiger partial charge in [-0.25, -0.2) is 4.79 Å². The van der Waals surface area contributed by atoms with Crippen LogP contribution in [-0.2, 0) is 14.3 Å². The summed E-state index contributed by atoms with van der Waals surface area (Å²) >= 11 is 0. The molecule has 2 aliphatic carbocycles. The maximum Gasteiger partial charge on any atom is 0.407 e. The molecule has 2 atom stereocenters. The van der Waals surface area contributed by atoms with Crippen molar-refractivity contribution in [3.05, 3.63) is 71.8 Å². The van der Waals surface area contributed by atoms with Crippen molar-refractivity contribution in [3.8, 4) is 11.1 Å². The smallest absolute Gasteiger partial charge is 0.407 e. The largest absolute Gasteiger partial charge is 0.481 e. The Morgan fingerprint density at radius 1 is 1.00 bits per heavy atom. The summed E-state index contributed by atoms with van der Waals surface area (Å²) in [6, 6.07) is 16.2. The molecule has 2 aromatic carbocycles. The molecule has 35 heavy (non-hydrogen) atoms. The fourth-order valence-electron chi connectivity index (χ4n) is 5.51. The van der Waals surface area contributed by atoms with Gasteiger partial charge in [0.15, 0.2) is 0 Å². The fourth-order valence-corrected chi connectivity index (χ4v) is 5.51. The van der Waals surface area contributed by atoms with Crippen molar-refractivity contribution < 1.29 is 24.2 Å². The van der Waals surface area contributed by atoms with Gasteiger partial charge in [0.25, 0.3) is 0 Å². The summed E-state index contributed by atoms with van der Waals surface area (Å²) in [6.45, 7) is 1.50. The van der Waals surface area contributed by atoms with Crippen LogP contribution in [0.5, 0.6) is 0 Å². The molecule has 7 heteroatoms. The number of nitrogens with zero attached hydrogens (tertiary/aromatic N) is 1. The van der Waals surface area contributed by atoms with Gasteiger partial charge in [0, 0.05) is 31.3 Å². The molecule has 1 fully saturated rings. The van der Waals surface area contributed by atoms with Crippen LogP contribution in [0.4, 0.5) is 4.79 Å². The second kappa shape index (κ2) is 9.94. The number of carbonyl (C=O) groups excluding carboxylic acids is 2. The number of fused-ring (bicyclic) bond motifs is 3. The number of carboxylic acid groups (broad SMARTS) is 1. The molecule has 5 rings (SSSR count). The molecule has 3 aliphatic rings. The SMILES string of the molecule is O=C(O)CCC1CN(C(=O)C2CC=CC(NC(=O)OCC3c4ccccc4-c4ccccc43)C2)C1. The molecule has 0 radical (unpaired) electrons. The van der Waals surface area contributed by atoms with E-state index in [1.54, 1.807) is 4.90 Å². The van der Waals surface area contributed by atoms with E-state index >= 15 is 0 Å². The van der Waals surface area contributed by atoms with E-state index in [2.05, 4.69) is 29.6 Å². The van der Waals surface area contributed by atoms with E-state index < -0.39 is 12.1 Å². The number of carboxylic acids is 1. The van der Waals surface area contributed by atoms with E-state index in [1.165, 1.54) is 22.3 Å². The number of benzene rings is 2. The summed E-state index contributed by atoms with van der Waals surface area (Å²) in [5.74, 6) is -0.622. The van der Waals surface area contributed by atoms with Crippen LogP contribution in [0.1, 0.15) is 42.7 Å². The van der Waals surface area contributed by atoms with E-state index in [0.717, 1.165) is 0 Å². The standard InChI is InChI=1S/C28H30N2O5/c31-26(32)13-12-18-15-30(16-18)27(33)19-6-5-7-20(14-19)29-28(34)35-17-25-23-10-3-1-8-21(23)22-9-2-4-11-24(22)25/h1-5,7-11,18-20,25H,6,12-17H2,(H,29,34)(H,31,32). The van der Waals surface area contributed by atoms with Crippen LogP contribution in [0, 0.1) is 11.8 Å². The van der Waals surface area contributed by atoms with Gasteiger partial charge in [-0.2, -0.15) is 0 Å². The average molecular weight is 475 g/mol. The quantitative estimate of drug-likeness (QED) is 0.587. The molecule has 0 spiro atoms. The van der Waals surface area contributed by atoms with Gasteiger partial charge in [-0.1, -0.05) is 60.7 Å². The van der Waals surface area contributed by atoms with Crippen molar-refractivity contribution in [1.82, 2.24) is 10.2 Å². The number of hydrogen-bond donors (Lipinski definition) is 2. The van der Waals surface area contributed by atoms with Gasteiger partial charge in [-0.3, -0.25) is 9.59 Å². The molecule has 0 saturated carbocycles. The Kier molecular flexibility index (Phi) is 6.57. The van der Waals surface area contributed by atoms with Gasteiger partial charge in [0.1, 0.15) is 6.61 Å². The van der Waals surface area contributed by atoms with Gasteiger partial charge in [-0.15, -0.1) is 0 Å². The lowest BCUT2D eigenvalue weighted by Crippen LogP contribution is -2.53. The Morgan fingerprint density at radius 3 is 2.31 bits per heavy atom. The predicted octanol–water partition coefficient (Wildman–Crippen LogP) is 4.18. The first-order valence-corrected chi connectivity index (χ1v) is 12.3. The summed E-state index contributed by atoms with van der Waals surface area (Å²) < 4.78 is 5.65. The first-order chi connectivity index (χ1) is 17.0. The fraction of sp³-hybridized carbons (Fsp3) is 0.393. The third kappa shape index (κ3) is 4.94. The average Bonchev–Trinajstić information content (AvgIpc) is 3.15. The zero-order valence-corrected chi connectivity index (χ0v) is 19.6. The van der Waals surface area contributed by atoms with E-state index in [1.807, 2.05) is 36.4 Å². The van der Waals surface area contributed by atoms with E-state index in [9.17, 15) is 14.4 Å². The van der Waals surface area contributed by atoms with Crippen LogP contribution < -0.4 is 5.32 Å². The molecule has 1 aliphatic heterocycles. The first-order valence-electron chi connectivity index (χ1n) is 12.3. The minimum absolute atomic E-state index is 0.00450. The lowest BCUT2D eigenvalue weighted by molar-refractivity contribution is -0.143. The summed E-state index contributed by atoms with van der Waals surface area (Å²) in [5, 5.41) is 11.7.